The fraction of sp³-hybridized carbons (Fsp3) is 0.500. The van der Waals surface area contributed by atoms with E-state index in [-0.39, 0.29) is 0 Å². The molecule has 0 bridgehead atoms. The third-order valence-electron chi connectivity index (χ3n) is 2.64. The Labute approximate surface area is 104 Å². The fourth-order valence-corrected chi connectivity index (χ4v) is 2.09. The first-order chi connectivity index (χ1) is 7.79. The molecule has 1 aromatic heterocycles. The van der Waals surface area contributed by atoms with Gasteiger partial charge < -0.3 is 4.90 Å². The Balaban J connectivity index is 2.01. The van der Waals surface area contributed by atoms with Crippen molar-refractivity contribution in [3.8, 4) is 0 Å². The van der Waals surface area contributed by atoms with Crippen molar-refractivity contribution < 1.29 is 0 Å². The van der Waals surface area contributed by atoms with E-state index >= 15 is 0 Å². The molecule has 84 valence electrons. The van der Waals surface area contributed by atoms with Crippen LogP contribution in [0.15, 0.2) is 17.4 Å². The predicted molar refractivity (Wildman–Crippen MR) is 67.3 cm³/mol. The van der Waals surface area contributed by atoms with Gasteiger partial charge in [0.05, 0.1) is 11.2 Å². The highest BCUT2D eigenvalue weighted by Crippen LogP contribution is 2.20. The lowest BCUT2D eigenvalue weighted by atomic mass is 10.1. The Morgan fingerprint density at radius 2 is 2.19 bits per heavy atom. The number of halogens is 1. The summed E-state index contributed by atoms with van der Waals surface area (Å²) in [6, 6.07) is 2.09. The molecule has 2 rings (SSSR count). The van der Waals surface area contributed by atoms with E-state index in [2.05, 4.69) is 37.2 Å². The number of hydrogen-bond donors (Lipinski definition) is 0. The topological polar surface area (TPSA) is 41.4 Å². The van der Waals surface area contributed by atoms with Gasteiger partial charge in [0.1, 0.15) is 17.3 Å². The first-order valence-electron chi connectivity index (χ1n) is 5.09. The monoisotopic (exact) mass is 254 g/mol. The minimum Gasteiger partial charge on any atom is -0.356 e. The van der Waals surface area contributed by atoms with Gasteiger partial charge in [0.2, 0.25) is 0 Å². The van der Waals surface area contributed by atoms with Crippen LogP contribution in [0.2, 0.25) is 5.15 Å². The minimum atomic E-state index is 0.311. The van der Waals surface area contributed by atoms with Crippen molar-refractivity contribution in [1.29, 1.82) is 0 Å². The van der Waals surface area contributed by atoms with E-state index in [1.807, 2.05) is 0 Å². The molecule has 0 spiro atoms. The van der Waals surface area contributed by atoms with E-state index in [4.69, 9.17) is 11.6 Å². The van der Waals surface area contributed by atoms with Crippen molar-refractivity contribution in [3.05, 3.63) is 17.5 Å². The molecule has 0 aliphatic carbocycles. The molecule has 2 heterocycles. The number of hydrogen-bond acceptors (Lipinski definition) is 5. The zero-order valence-electron chi connectivity index (χ0n) is 8.64. The summed E-state index contributed by atoms with van der Waals surface area (Å²) in [4.78, 5) is 14.4. The third kappa shape index (κ3) is 2.76. The van der Waals surface area contributed by atoms with E-state index in [1.54, 1.807) is 6.07 Å². The molecule has 4 nitrogen and oxygen atoms in total. The maximum Gasteiger partial charge on any atom is 0.134 e. The third-order valence-corrected chi connectivity index (χ3v) is 2.96. The molecule has 0 unspecified atom stereocenters. The van der Waals surface area contributed by atoms with Gasteiger partial charge in [-0.05, 0) is 25.1 Å². The number of anilines is 1. The van der Waals surface area contributed by atoms with Gasteiger partial charge in [-0.1, -0.05) is 11.6 Å². The van der Waals surface area contributed by atoms with Crippen LogP contribution in [0.3, 0.4) is 0 Å². The molecule has 0 amide bonds. The molecule has 1 aliphatic rings. The van der Waals surface area contributed by atoms with E-state index in [0.29, 0.717) is 11.2 Å². The van der Waals surface area contributed by atoms with Gasteiger partial charge in [-0.2, -0.15) is 0 Å². The number of piperidine rings is 1. The number of thiocarbonyl (C=S) groups is 1. The Morgan fingerprint density at radius 3 is 2.81 bits per heavy atom. The van der Waals surface area contributed by atoms with Crippen LogP contribution in [0.4, 0.5) is 5.82 Å². The van der Waals surface area contributed by atoms with Gasteiger partial charge in [-0.15, -0.1) is 0 Å². The van der Waals surface area contributed by atoms with E-state index in [9.17, 15) is 0 Å². The molecule has 6 heteroatoms. The summed E-state index contributed by atoms with van der Waals surface area (Å²) in [6.45, 7) is 1.83. The van der Waals surface area contributed by atoms with Crippen molar-refractivity contribution in [2.24, 2.45) is 4.99 Å². The van der Waals surface area contributed by atoms with Gasteiger partial charge in [0.15, 0.2) is 0 Å². The lowest BCUT2D eigenvalue weighted by molar-refractivity contribution is 0.502. The molecule has 1 saturated heterocycles. The number of isothiocyanates is 1. The maximum absolute atomic E-state index is 5.82. The van der Waals surface area contributed by atoms with E-state index < -0.39 is 0 Å². The van der Waals surface area contributed by atoms with E-state index in [0.717, 1.165) is 31.7 Å². The molecular formula is C10H11ClN4S. The van der Waals surface area contributed by atoms with Crippen LogP contribution in [0, 0.1) is 0 Å². The zero-order chi connectivity index (χ0) is 11.4. The Kier molecular flexibility index (Phi) is 3.83. The van der Waals surface area contributed by atoms with Crippen molar-refractivity contribution in [2.75, 3.05) is 18.0 Å². The predicted octanol–water partition coefficient (Wildman–Crippen LogP) is 2.20. The summed E-state index contributed by atoms with van der Waals surface area (Å²) < 4.78 is 0. The Morgan fingerprint density at radius 1 is 1.44 bits per heavy atom. The van der Waals surface area contributed by atoms with Gasteiger partial charge in [0.25, 0.3) is 0 Å². The summed E-state index contributed by atoms with van der Waals surface area (Å²) in [5.41, 5.74) is 0. The average Bonchev–Trinajstić information content (AvgIpc) is 2.30. The Hall–Kier alpha value is -1.03. The summed E-state index contributed by atoms with van der Waals surface area (Å²) in [7, 11) is 0. The van der Waals surface area contributed by atoms with Crippen molar-refractivity contribution >= 4 is 34.8 Å². The van der Waals surface area contributed by atoms with Gasteiger partial charge in [-0.25, -0.2) is 15.0 Å². The second-order valence-corrected chi connectivity index (χ2v) is 4.21. The molecule has 1 aliphatic heterocycles. The second-order valence-electron chi connectivity index (χ2n) is 3.64. The smallest absolute Gasteiger partial charge is 0.134 e. The van der Waals surface area contributed by atoms with Crippen LogP contribution in [0.5, 0.6) is 0 Å². The lowest BCUT2D eigenvalue weighted by Gasteiger charge is -2.30. The largest absolute Gasteiger partial charge is 0.356 e. The molecular weight excluding hydrogens is 244 g/mol. The summed E-state index contributed by atoms with van der Waals surface area (Å²) in [5, 5.41) is 2.92. The minimum absolute atomic E-state index is 0.311. The molecule has 1 aromatic rings. The normalized spacial score (nSPS) is 16.9. The number of rotatable bonds is 2. The van der Waals surface area contributed by atoms with Gasteiger partial charge >= 0.3 is 0 Å². The number of aromatic nitrogens is 2. The zero-order valence-corrected chi connectivity index (χ0v) is 10.2. The highest BCUT2D eigenvalue weighted by atomic mass is 35.5. The van der Waals surface area contributed by atoms with Crippen molar-refractivity contribution in [3.63, 3.8) is 0 Å². The van der Waals surface area contributed by atoms with Crippen LogP contribution in [-0.2, 0) is 0 Å². The van der Waals surface area contributed by atoms with Crippen LogP contribution >= 0.6 is 23.8 Å². The SMILES string of the molecule is S=C=NC1CCN(c2cc(Cl)ncn2)CC1. The van der Waals surface area contributed by atoms with Crippen molar-refractivity contribution in [2.45, 2.75) is 18.9 Å². The lowest BCUT2D eigenvalue weighted by Crippen LogP contribution is -2.35. The first kappa shape index (κ1) is 11.5. The summed E-state index contributed by atoms with van der Waals surface area (Å²) >= 11 is 10.4. The molecule has 0 radical (unpaired) electrons. The quantitative estimate of drug-likeness (QED) is 0.461. The highest BCUT2D eigenvalue weighted by Gasteiger charge is 2.19. The van der Waals surface area contributed by atoms with Crippen LogP contribution in [0.1, 0.15) is 12.8 Å². The first-order valence-corrected chi connectivity index (χ1v) is 5.87. The van der Waals surface area contributed by atoms with Crippen LogP contribution < -0.4 is 4.90 Å². The standard InChI is InChI=1S/C10H11ClN4S/c11-9-5-10(13-6-12-9)15-3-1-8(2-4-15)14-7-16/h5-6,8H,1-4H2. The molecule has 0 atom stereocenters. The molecule has 0 N–H and O–H groups in total. The fourth-order valence-electron chi connectivity index (χ4n) is 1.80. The van der Waals surface area contributed by atoms with E-state index in [1.165, 1.54) is 6.33 Å². The molecule has 0 saturated carbocycles. The highest BCUT2D eigenvalue weighted by molar-refractivity contribution is 7.78. The molecule has 1 fully saturated rings. The average molecular weight is 255 g/mol. The Bertz CT molecular complexity index is 411. The van der Waals surface area contributed by atoms with Gasteiger partial charge in [-0.3, -0.25) is 0 Å². The molecule has 16 heavy (non-hydrogen) atoms. The maximum atomic E-state index is 5.82. The number of nitrogens with zero attached hydrogens (tertiary/aromatic N) is 4. The number of aliphatic imine (C=N–C) groups is 1. The molecule has 0 aromatic carbocycles. The van der Waals surface area contributed by atoms with Crippen LogP contribution in [-0.4, -0.2) is 34.3 Å². The summed E-state index contributed by atoms with van der Waals surface area (Å²) in [5.74, 6) is 0.879. The van der Waals surface area contributed by atoms with Crippen LogP contribution in [0.25, 0.3) is 0 Å². The second kappa shape index (κ2) is 5.34. The summed E-state index contributed by atoms with van der Waals surface area (Å²) in [6.07, 6.45) is 3.44. The van der Waals surface area contributed by atoms with Crippen molar-refractivity contribution in [1.82, 2.24) is 9.97 Å². The van der Waals surface area contributed by atoms with Gasteiger partial charge in [0, 0.05) is 19.2 Å².